The number of fused-ring (bicyclic) bond motifs is 3. The van der Waals surface area contributed by atoms with E-state index < -0.39 is 29.9 Å². The van der Waals surface area contributed by atoms with Gasteiger partial charge in [0.1, 0.15) is 18.3 Å². The number of aliphatic hydroxyl groups is 1. The Morgan fingerprint density at radius 1 is 1.32 bits per heavy atom. The molecule has 7 nitrogen and oxygen atoms in total. The minimum atomic E-state index is -1.18. The number of esters is 3. The second-order valence-corrected chi connectivity index (χ2v) is 9.39. The van der Waals surface area contributed by atoms with Crippen LogP contribution in [0.4, 0.5) is 0 Å². The number of carbonyl (C=O) groups is 3. The van der Waals surface area contributed by atoms with E-state index in [9.17, 15) is 19.5 Å². The lowest BCUT2D eigenvalue weighted by molar-refractivity contribution is -0.151. The van der Waals surface area contributed by atoms with Gasteiger partial charge in [-0.05, 0) is 46.5 Å². The van der Waals surface area contributed by atoms with Crippen LogP contribution in [0.15, 0.2) is 22.8 Å². The molecule has 3 rings (SSSR count). The fourth-order valence-electron chi connectivity index (χ4n) is 5.37. The third-order valence-corrected chi connectivity index (χ3v) is 7.26. The number of hydrogen-bond donors (Lipinski definition) is 1. The summed E-state index contributed by atoms with van der Waals surface area (Å²) in [5, 5.41) is 11.5. The molecular formula is C24H34O7. The van der Waals surface area contributed by atoms with Crippen molar-refractivity contribution in [1.29, 1.82) is 0 Å². The van der Waals surface area contributed by atoms with Crippen LogP contribution in [0, 0.1) is 17.8 Å². The summed E-state index contributed by atoms with van der Waals surface area (Å²) in [5.41, 5.74) is 0.424. The van der Waals surface area contributed by atoms with Gasteiger partial charge in [-0.15, -0.1) is 0 Å². The van der Waals surface area contributed by atoms with Crippen molar-refractivity contribution in [2.24, 2.45) is 17.8 Å². The van der Waals surface area contributed by atoms with Gasteiger partial charge >= 0.3 is 17.9 Å². The average molecular weight is 435 g/mol. The summed E-state index contributed by atoms with van der Waals surface area (Å²) in [4.78, 5) is 37.1. The van der Waals surface area contributed by atoms with Crippen LogP contribution >= 0.6 is 0 Å². The number of allylic oxidation sites excluding steroid dienone is 1. The molecule has 31 heavy (non-hydrogen) atoms. The molecule has 0 amide bonds. The Labute approximate surface area is 183 Å². The summed E-state index contributed by atoms with van der Waals surface area (Å²) in [6.45, 7) is 10.8. The van der Waals surface area contributed by atoms with Crippen molar-refractivity contribution in [2.75, 3.05) is 0 Å². The summed E-state index contributed by atoms with van der Waals surface area (Å²) in [6.07, 6.45) is 1.54. The van der Waals surface area contributed by atoms with Crippen LogP contribution < -0.4 is 0 Å². The van der Waals surface area contributed by atoms with Crippen LogP contribution in [0.5, 0.6) is 0 Å². The Morgan fingerprint density at radius 3 is 2.61 bits per heavy atom. The van der Waals surface area contributed by atoms with Crippen LogP contribution in [0.2, 0.25) is 0 Å². The molecule has 1 heterocycles. The quantitative estimate of drug-likeness (QED) is 0.403. The molecule has 0 spiro atoms. The Bertz CT molecular complexity index is 822. The van der Waals surface area contributed by atoms with E-state index in [0.29, 0.717) is 29.6 Å². The number of hydrogen-bond acceptors (Lipinski definition) is 7. The topological polar surface area (TPSA) is 99.1 Å². The van der Waals surface area contributed by atoms with E-state index in [4.69, 9.17) is 14.2 Å². The molecule has 0 aromatic carbocycles. The second kappa shape index (κ2) is 8.77. The van der Waals surface area contributed by atoms with Gasteiger partial charge in [0.15, 0.2) is 0 Å². The minimum Gasteiger partial charge on any atom is -0.459 e. The van der Waals surface area contributed by atoms with Crippen LogP contribution in [-0.2, 0) is 28.6 Å². The Balaban J connectivity index is 1.96. The number of rotatable bonds is 5. The van der Waals surface area contributed by atoms with Crippen molar-refractivity contribution in [3.8, 4) is 0 Å². The van der Waals surface area contributed by atoms with Crippen molar-refractivity contribution in [2.45, 2.75) is 91.1 Å². The molecule has 2 aliphatic carbocycles. The molecule has 1 aliphatic heterocycles. The largest absolute Gasteiger partial charge is 0.459 e. The summed E-state index contributed by atoms with van der Waals surface area (Å²) < 4.78 is 17.3. The first-order chi connectivity index (χ1) is 14.5. The molecular weight excluding hydrogens is 400 g/mol. The maximum Gasteiger partial charge on any atom is 0.334 e. The third kappa shape index (κ3) is 4.29. The summed E-state index contributed by atoms with van der Waals surface area (Å²) in [5.74, 6) is -1.82. The van der Waals surface area contributed by atoms with E-state index in [1.165, 1.54) is 0 Å². The van der Waals surface area contributed by atoms with Crippen molar-refractivity contribution < 1.29 is 33.7 Å². The van der Waals surface area contributed by atoms with E-state index in [-0.39, 0.29) is 42.5 Å². The monoisotopic (exact) mass is 434 g/mol. The molecule has 3 aliphatic rings. The standard InChI is InChI=1S/C24H34O7/c1-7-9-18(25)29-17-11-24(6,28)15-10-16(30-22(26)12(3)8-2)13(4)19(15)21-20(17)14(5)23(27)31-21/h8,13,15-17,19,21,28H,7,9-11H2,1-6H3/b12-8-/t13-,15-,16+,17-,19+,21-,24-/m0/s1. The second-order valence-electron chi connectivity index (χ2n) is 9.39. The summed E-state index contributed by atoms with van der Waals surface area (Å²) >= 11 is 0. The average Bonchev–Trinajstić information content (AvgIpc) is 3.14. The number of carbonyl (C=O) groups excluding carboxylic acids is 3. The Hall–Kier alpha value is -2.15. The molecule has 0 aromatic rings. The fraction of sp³-hybridized carbons (Fsp3) is 0.708. The van der Waals surface area contributed by atoms with E-state index in [2.05, 4.69) is 0 Å². The molecule has 2 fully saturated rings. The molecule has 0 radical (unpaired) electrons. The van der Waals surface area contributed by atoms with Gasteiger partial charge in [-0.2, -0.15) is 0 Å². The smallest absolute Gasteiger partial charge is 0.334 e. The number of ether oxygens (including phenoxy) is 3. The van der Waals surface area contributed by atoms with E-state index >= 15 is 0 Å². The first-order valence-electron chi connectivity index (χ1n) is 11.2. The van der Waals surface area contributed by atoms with Gasteiger partial charge in [0.25, 0.3) is 0 Å². The van der Waals surface area contributed by atoms with Gasteiger partial charge in [-0.1, -0.05) is 19.9 Å². The van der Waals surface area contributed by atoms with Gasteiger partial charge in [0.2, 0.25) is 0 Å². The molecule has 0 bridgehead atoms. The van der Waals surface area contributed by atoms with Crippen LogP contribution in [0.25, 0.3) is 0 Å². The van der Waals surface area contributed by atoms with Gasteiger partial charge in [-0.25, -0.2) is 9.59 Å². The zero-order valence-electron chi connectivity index (χ0n) is 19.3. The van der Waals surface area contributed by atoms with Crippen molar-refractivity contribution in [1.82, 2.24) is 0 Å². The molecule has 0 aromatic heterocycles. The first kappa shape index (κ1) is 23.5. The van der Waals surface area contributed by atoms with E-state index in [1.54, 1.807) is 33.8 Å². The van der Waals surface area contributed by atoms with Crippen LogP contribution in [-0.4, -0.2) is 46.9 Å². The normalized spacial score (nSPS) is 37.6. The van der Waals surface area contributed by atoms with Crippen LogP contribution in [0.1, 0.15) is 67.2 Å². The lowest BCUT2D eigenvalue weighted by atomic mass is 9.77. The predicted molar refractivity (Wildman–Crippen MR) is 113 cm³/mol. The highest BCUT2D eigenvalue weighted by atomic mass is 16.6. The first-order valence-corrected chi connectivity index (χ1v) is 11.2. The van der Waals surface area contributed by atoms with E-state index in [1.807, 2.05) is 13.8 Å². The lowest BCUT2D eigenvalue weighted by Crippen LogP contribution is -2.40. The van der Waals surface area contributed by atoms with Crippen molar-refractivity contribution in [3.63, 3.8) is 0 Å². The third-order valence-electron chi connectivity index (χ3n) is 7.26. The highest BCUT2D eigenvalue weighted by Crippen LogP contribution is 2.54. The van der Waals surface area contributed by atoms with Crippen molar-refractivity contribution >= 4 is 17.9 Å². The SMILES string of the molecule is C/C=C(/C)C(=O)O[C@@H]1C[C@H]2[C@@H]([C@H]1C)[C@@H]1OC(=O)C(C)=C1[C@@H](OC(=O)CCC)C[C@]2(C)O. The molecule has 7 atom stereocenters. The zero-order valence-corrected chi connectivity index (χ0v) is 19.3. The summed E-state index contributed by atoms with van der Waals surface area (Å²) in [7, 11) is 0. The van der Waals surface area contributed by atoms with E-state index in [0.717, 1.165) is 0 Å². The Morgan fingerprint density at radius 2 is 2.00 bits per heavy atom. The molecule has 2 saturated carbocycles. The van der Waals surface area contributed by atoms with Gasteiger partial charge < -0.3 is 19.3 Å². The molecule has 7 heteroatoms. The highest BCUT2D eigenvalue weighted by molar-refractivity contribution is 5.92. The predicted octanol–water partition coefficient (Wildman–Crippen LogP) is 3.25. The minimum absolute atomic E-state index is 0.145. The van der Waals surface area contributed by atoms with Gasteiger partial charge in [-0.3, -0.25) is 4.79 Å². The lowest BCUT2D eigenvalue weighted by Gasteiger charge is -2.34. The van der Waals surface area contributed by atoms with Gasteiger partial charge in [0.05, 0.1) is 5.60 Å². The molecule has 0 unspecified atom stereocenters. The zero-order chi connectivity index (χ0) is 23.1. The van der Waals surface area contributed by atoms with Crippen LogP contribution in [0.3, 0.4) is 0 Å². The maximum atomic E-state index is 12.5. The molecule has 172 valence electrons. The summed E-state index contributed by atoms with van der Waals surface area (Å²) in [6, 6.07) is 0. The highest BCUT2D eigenvalue weighted by Gasteiger charge is 2.60. The van der Waals surface area contributed by atoms with Gasteiger partial charge in [0, 0.05) is 41.4 Å². The Kier molecular flexibility index (Phi) is 6.65. The van der Waals surface area contributed by atoms with Crippen molar-refractivity contribution in [3.05, 3.63) is 22.8 Å². The molecule has 1 N–H and O–H groups in total. The molecule has 0 saturated heterocycles. The fourth-order valence-corrected chi connectivity index (χ4v) is 5.37. The maximum absolute atomic E-state index is 12.5.